The first-order valence-electron chi connectivity index (χ1n) is 7.80. The van der Waals surface area contributed by atoms with Crippen LogP contribution in [0.15, 0.2) is 42.5 Å². The van der Waals surface area contributed by atoms with Gasteiger partial charge < -0.3 is 10.1 Å². The third kappa shape index (κ3) is 3.89. The maximum Gasteiger partial charge on any atom is 0.256 e. The summed E-state index contributed by atoms with van der Waals surface area (Å²) in [4.78, 5) is 26.1. The summed E-state index contributed by atoms with van der Waals surface area (Å²) in [5, 5.41) is 3.82. The minimum absolute atomic E-state index is 0.0657. The van der Waals surface area contributed by atoms with Gasteiger partial charge in [-0.25, -0.2) is 4.90 Å². The fourth-order valence-corrected chi connectivity index (χ4v) is 3.21. The quantitative estimate of drug-likeness (QED) is 0.794. The third-order valence-corrected chi connectivity index (χ3v) is 4.19. The largest absolute Gasteiger partial charge is 0.494 e. The first-order chi connectivity index (χ1) is 12.0. The summed E-state index contributed by atoms with van der Waals surface area (Å²) in [6.45, 7) is 2.49. The lowest BCUT2D eigenvalue weighted by Crippen LogP contribution is -2.34. The first-order valence-corrected chi connectivity index (χ1v) is 8.56. The van der Waals surface area contributed by atoms with Crippen LogP contribution in [0.5, 0.6) is 5.75 Å². The molecule has 1 aliphatic heterocycles. The molecule has 1 heterocycles. The molecule has 1 N–H and O–H groups in total. The number of nitrogens with zero attached hydrogens (tertiary/aromatic N) is 1. The Morgan fingerprint density at radius 1 is 1.12 bits per heavy atom. The van der Waals surface area contributed by atoms with E-state index in [9.17, 15) is 9.59 Å². The number of carbonyl (C=O) groups is 2. The average molecular weight is 379 g/mol. The van der Waals surface area contributed by atoms with Gasteiger partial charge in [0.1, 0.15) is 11.8 Å². The van der Waals surface area contributed by atoms with Crippen LogP contribution in [0, 0.1) is 0 Å². The summed E-state index contributed by atoms with van der Waals surface area (Å²) in [7, 11) is 0. The molecule has 1 unspecified atom stereocenters. The van der Waals surface area contributed by atoms with Crippen LogP contribution < -0.4 is 15.0 Å². The van der Waals surface area contributed by atoms with E-state index in [4.69, 9.17) is 27.9 Å². The molecule has 0 spiro atoms. The Morgan fingerprint density at radius 3 is 2.36 bits per heavy atom. The maximum absolute atomic E-state index is 12.6. The number of rotatable bonds is 5. The zero-order valence-corrected chi connectivity index (χ0v) is 15.0. The van der Waals surface area contributed by atoms with Crippen molar-refractivity contribution >= 4 is 46.4 Å². The fraction of sp³-hybridized carbons (Fsp3) is 0.222. The lowest BCUT2D eigenvalue weighted by molar-refractivity contribution is -0.121. The van der Waals surface area contributed by atoms with Crippen molar-refractivity contribution < 1.29 is 14.3 Å². The van der Waals surface area contributed by atoms with Gasteiger partial charge in [-0.05, 0) is 49.4 Å². The minimum Gasteiger partial charge on any atom is -0.494 e. The van der Waals surface area contributed by atoms with Gasteiger partial charge in [-0.2, -0.15) is 0 Å². The summed E-state index contributed by atoms with van der Waals surface area (Å²) in [6.07, 6.45) is 0.0657. The Bertz CT molecular complexity index is 788. The maximum atomic E-state index is 12.6. The van der Waals surface area contributed by atoms with Crippen LogP contribution in [0.2, 0.25) is 10.0 Å². The van der Waals surface area contributed by atoms with E-state index in [2.05, 4.69) is 5.32 Å². The van der Waals surface area contributed by atoms with Gasteiger partial charge in [0.15, 0.2) is 0 Å². The third-order valence-electron chi connectivity index (χ3n) is 3.76. The Kier molecular flexibility index (Phi) is 5.16. The average Bonchev–Trinajstić information content (AvgIpc) is 2.82. The molecule has 5 nitrogen and oxygen atoms in total. The number of anilines is 2. The van der Waals surface area contributed by atoms with Gasteiger partial charge in [0.25, 0.3) is 5.91 Å². The molecule has 0 radical (unpaired) electrons. The van der Waals surface area contributed by atoms with Gasteiger partial charge in [-0.3, -0.25) is 9.59 Å². The second-order valence-corrected chi connectivity index (χ2v) is 6.43. The van der Waals surface area contributed by atoms with Crippen molar-refractivity contribution in [1.29, 1.82) is 0 Å². The smallest absolute Gasteiger partial charge is 0.256 e. The molecule has 130 valence electrons. The van der Waals surface area contributed by atoms with Crippen molar-refractivity contribution in [1.82, 2.24) is 0 Å². The van der Waals surface area contributed by atoms with Crippen LogP contribution in [0.1, 0.15) is 13.3 Å². The monoisotopic (exact) mass is 378 g/mol. The Labute approximate surface area is 155 Å². The topological polar surface area (TPSA) is 58.6 Å². The van der Waals surface area contributed by atoms with E-state index in [-0.39, 0.29) is 18.2 Å². The number of halogens is 2. The molecule has 2 aromatic carbocycles. The number of amides is 2. The molecule has 0 saturated carbocycles. The number of hydrogen-bond acceptors (Lipinski definition) is 4. The fourth-order valence-electron chi connectivity index (χ4n) is 2.70. The molecule has 3 rings (SSSR count). The van der Waals surface area contributed by atoms with Crippen molar-refractivity contribution in [2.24, 2.45) is 0 Å². The molecule has 2 amide bonds. The summed E-state index contributed by atoms with van der Waals surface area (Å²) in [5.41, 5.74) is 1.11. The Balaban J connectivity index is 1.76. The van der Waals surface area contributed by atoms with Crippen molar-refractivity contribution in [3.8, 4) is 5.75 Å². The van der Waals surface area contributed by atoms with Crippen LogP contribution in [0.4, 0.5) is 11.4 Å². The summed E-state index contributed by atoms with van der Waals surface area (Å²) in [6, 6.07) is 11.2. The Morgan fingerprint density at radius 2 is 1.76 bits per heavy atom. The van der Waals surface area contributed by atoms with Gasteiger partial charge in [0.05, 0.1) is 18.7 Å². The number of ether oxygens (including phenoxy) is 1. The van der Waals surface area contributed by atoms with Gasteiger partial charge in [0.2, 0.25) is 5.91 Å². The molecule has 1 fully saturated rings. The van der Waals surface area contributed by atoms with Crippen LogP contribution in [0.3, 0.4) is 0 Å². The molecular formula is C18H16Cl2N2O3. The second-order valence-electron chi connectivity index (χ2n) is 5.55. The SMILES string of the molecule is CCOc1ccc(NC2CC(=O)N(c3cc(Cl)cc(Cl)c3)C2=O)cc1. The van der Waals surface area contributed by atoms with Crippen LogP contribution in [-0.4, -0.2) is 24.5 Å². The van der Waals surface area contributed by atoms with E-state index >= 15 is 0 Å². The van der Waals surface area contributed by atoms with E-state index in [1.807, 2.05) is 31.2 Å². The molecule has 0 bridgehead atoms. The lowest BCUT2D eigenvalue weighted by Gasteiger charge is -2.17. The summed E-state index contributed by atoms with van der Waals surface area (Å²) >= 11 is 11.9. The first kappa shape index (κ1) is 17.6. The molecule has 1 atom stereocenters. The van der Waals surface area contributed by atoms with Gasteiger partial charge in [-0.15, -0.1) is 0 Å². The zero-order chi connectivity index (χ0) is 18.0. The number of benzene rings is 2. The second kappa shape index (κ2) is 7.33. The van der Waals surface area contributed by atoms with Crippen molar-refractivity contribution in [2.45, 2.75) is 19.4 Å². The molecule has 1 aliphatic rings. The van der Waals surface area contributed by atoms with Crippen molar-refractivity contribution in [2.75, 3.05) is 16.8 Å². The summed E-state index contributed by atoms with van der Waals surface area (Å²) < 4.78 is 5.38. The zero-order valence-electron chi connectivity index (χ0n) is 13.5. The Hall–Kier alpha value is -2.24. The number of imide groups is 1. The van der Waals surface area contributed by atoms with Crippen LogP contribution >= 0.6 is 23.2 Å². The predicted octanol–water partition coefficient (Wildman–Crippen LogP) is 4.14. The molecule has 1 saturated heterocycles. The van der Waals surface area contributed by atoms with E-state index in [0.29, 0.717) is 22.3 Å². The van der Waals surface area contributed by atoms with E-state index in [1.54, 1.807) is 18.2 Å². The molecule has 0 aliphatic carbocycles. The highest BCUT2D eigenvalue weighted by Crippen LogP contribution is 2.30. The highest BCUT2D eigenvalue weighted by atomic mass is 35.5. The molecule has 7 heteroatoms. The standard InChI is InChI=1S/C18H16Cl2N2O3/c1-2-25-15-5-3-13(4-6-15)21-16-10-17(23)22(18(16)24)14-8-11(19)7-12(20)9-14/h3-9,16,21H,2,10H2,1H3. The van der Waals surface area contributed by atoms with E-state index in [0.717, 1.165) is 16.3 Å². The van der Waals surface area contributed by atoms with Gasteiger partial charge >= 0.3 is 0 Å². The molecule has 25 heavy (non-hydrogen) atoms. The number of carbonyl (C=O) groups excluding carboxylic acids is 2. The summed E-state index contributed by atoms with van der Waals surface area (Å²) in [5.74, 6) is 0.112. The van der Waals surface area contributed by atoms with Crippen molar-refractivity contribution in [3.63, 3.8) is 0 Å². The minimum atomic E-state index is -0.636. The predicted molar refractivity (Wildman–Crippen MR) is 98.6 cm³/mol. The molecular weight excluding hydrogens is 363 g/mol. The van der Waals surface area contributed by atoms with Crippen LogP contribution in [-0.2, 0) is 9.59 Å². The van der Waals surface area contributed by atoms with Gasteiger partial charge in [-0.1, -0.05) is 23.2 Å². The van der Waals surface area contributed by atoms with Gasteiger partial charge in [0, 0.05) is 15.7 Å². The molecule has 2 aromatic rings. The number of hydrogen-bond donors (Lipinski definition) is 1. The molecule has 0 aromatic heterocycles. The van der Waals surface area contributed by atoms with Crippen LogP contribution in [0.25, 0.3) is 0 Å². The highest BCUT2D eigenvalue weighted by Gasteiger charge is 2.39. The van der Waals surface area contributed by atoms with Crippen molar-refractivity contribution in [3.05, 3.63) is 52.5 Å². The van der Waals surface area contributed by atoms with E-state index < -0.39 is 6.04 Å². The number of nitrogens with one attached hydrogen (secondary N) is 1. The highest BCUT2D eigenvalue weighted by molar-refractivity contribution is 6.35. The van der Waals surface area contributed by atoms with E-state index in [1.165, 1.54) is 0 Å². The lowest BCUT2D eigenvalue weighted by atomic mass is 10.2. The normalized spacial score (nSPS) is 17.1.